The van der Waals surface area contributed by atoms with Gasteiger partial charge >= 0.3 is 6.03 Å². The van der Waals surface area contributed by atoms with Crippen LogP contribution in [-0.4, -0.2) is 49.1 Å². The summed E-state index contributed by atoms with van der Waals surface area (Å²) in [4.78, 5) is 26.6. The monoisotopic (exact) mass is 436 g/mol. The van der Waals surface area contributed by atoms with Gasteiger partial charge in [0.1, 0.15) is 0 Å². The number of hydrogen-bond acceptors (Lipinski definition) is 4. The highest BCUT2D eigenvalue weighted by atomic mass is 32.1. The number of likely N-dealkylation sites (tertiary alicyclic amines) is 1. The Morgan fingerprint density at radius 3 is 2.55 bits per heavy atom. The van der Waals surface area contributed by atoms with Gasteiger partial charge in [0.2, 0.25) is 5.91 Å². The smallest absolute Gasteiger partial charge is 0.315 e. The first-order valence-corrected chi connectivity index (χ1v) is 11.6. The summed E-state index contributed by atoms with van der Waals surface area (Å²) in [5.41, 5.74) is 2.10. The van der Waals surface area contributed by atoms with Crippen LogP contribution in [0, 0.1) is 0 Å². The second kappa shape index (κ2) is 10.4. The number of fused-ring (bicyclic) bond motifs is 1. The first kappa shape index (κ1) is 21.3. The van der Waals surface area contributed by atoms with Gasteiger partial charge in [0.05, 0.1) is 6.54 Å². The van der Waals surface area contributed by atoms with Gasteiger partial charge in [0.15, 0.2) is 0 Å². The molecule has 2 aromatic carbocycles. The van der Waals surface area contributed by atoms with Crippen molar-refractivity contribution in [2.24, 2.45) is 0 Å². The molecule has 1 fully saturated rings. The molecular formula is C24H28N4O2S. The zero-order valence-electron chi connectivity index (χ0n) is 17.5. The molecule has 3 N–H and O–H groups in total. The van der Waals surface area contributed by atoms with E-state index in [1.54, 1.807) is 11.3 Å². The number of nitrogens with zero attached hydrogens (tertiary/aromatic N) is 1. The van der Waals surface area contributed by atoms with Crippen LogP contribution in [0.25, 0.3) is 10.1 Å². The summed E-state index contributed by atoms with van der Waals surface area (Å²) >= 11 is 1.74. The van der Waals surface area contributed by atoms with Gasteiger partial charge in [-0.05, 0) is 53.8 Å². The van der Waals surface area contributed by atoms with Gasteiger partial charge in [-0.25, -0.2) is 4.79 Å². The topological polar surface area (TPSA) is 73.5 Å². The SMILES string of the molecule is O=C(CN1CCC(NC(=O)NCCc2csc3ccccc23)CC1)Nc1ccccc1. The first-order chi connectivity index (χ1) is 15.2. The number of piperidine rings is 1. The number of nitrogens with one attached hydrogen (secondary N) is 3. The van der Waals surface area contributed by atoms with Crippen LogP contribution in [0.1, 0.15) is 18.4 Å². The Labute approximate surface area is 186 Å². The van der Waals surface area contributed by atoms with Gasteiger partial charge in [0.25, 0.3) is 0 Å². The minimum Gasteiger partial charge on any atom is -0.338 e. The summed E-state index contributed by atoms with van der Waals surface area (Å²) in [5.74, 6) is -0.00342. The number of carbonyl (C=O) groups excluding carboxylic acids is 2. The second-order valence-electron chi connectivity index (χ2n) is 7.87. The molecule has 0 unspecified atom stereocenters. The average molecular weight is 437 g/mol. The van der Waals surface area contributed by atoms with Gasteiger partial charge in [-0.2, -0.15) is 0 Å². The van der Waals surface area contributed by atoms with Gasteiger partial charge in [-0.3, -0.25) is 9.69 Å². The number of thiophene rings is 1. The second-order valence-corrected chi connectivity index (χ2v) is 8.78. The minimum absolute atomic E-state index is 0.00342. The summed E-state index contributed by atoms with van der Waals surface area (Å²) < 4.78 is 1.28. The number of amides is 3. The molecule has 3 aromatic rings. The van der Waals surface area contributed by atoms with Gasteiger partial charge in [-0.1, -0.05) is 36.4 Å². The highest BCUT2D eigenvalue weighted by molar-refractivity contribution is 7.17. The fourth-order valence-corrected chi connectivity index (χ4v) is 4.93. The van der Waals surface area contributed by atoms with Gasteiger partial charge < -0.3 is 16.0 Å². The van der Waals surface area contributed by atoms with Crippen molar-refractivity contribution < 1.29 is 9.59 Å². The van der Waals surface area contributed by atoms with Crippen molar-refractivity contribution in [3.8, 4) is 0 Å². The lowest BCUT2D eigenvalue weighted by Gasteiger charge is -2.31. The third-order valence-electron chi connectivity index (χ3n) is 5.59. The molecular weight excluding hydrogens is 408 g/mol. The summed E-state index contributed by atoms with van der Waals surface area (Å²) in [6.45, 7) is 2.59. The van der Waals surface area contributed by atoms with Crippen molar-refractivity contribution in [3.05, 3.63) is 65.5 Å². The molecule has 1 aliphatic heterocycles. The lowest BCUT2D eigenvalue weighted by atomic mass is 10.1. The van der Waals surface area contributed by atoms with Crippen LogP contribution in [-0.2, 0) is 11.2 Å². The van der Waals surface area contributed by atoms with Crippen LogP contribution in [0.2, 0.25) is 0 Å². The molecule has 0 bridgehead atoms. The van der Waals surface area contributed by atoms with E-state index < -0.39 is 0 Å². The fourth-order valence-electron chi connectivity index (χ4n) is 3.93. The number of benzene rings is 2. The molecule has 0 radical (unpaired) electrons. The first-order valence-electron chi connectivity index (χ1n) is 10.7. The van der Waals surface area contributed by atoms with E-state index in [2.05, 4.69) is 50.5 Å². The molecule has 6 nitrogen and oxygen atoms in total. The third kappa shape index (κ3) is 6.06. The zero-order valence-corrected chi connectivity index (χ0v) is 18.3. The number of para-hydroxylation sites is 1. The number of hydrogen-bond donors (Lipinski definition) is 3. The molecule has 1 saturated heterocycles. The highest BCUT2D eigenvalue weighted by Crippen LogP contribution is 2.25. The van der Waals surface area contributed by atoms with E-state index in [0.717, 1.165) is 38.0 Å². The average Bonchev–Trinajstić information content (AvgIpc) is 3.19. The Balaban J connectivity index is 1.13. The van der Waals surface area contributed by atoms with Crippen molar-refractivity contribution in [2.45, 2.75) is 25.3 Å². The normalized spacial score (nSPS) is 15.0. The molecule has 0 atom stereocenters. The largest absolute Gasteiger partial charge is 0.338 e. The van der Waals surface area contributed by atoms with Crippen molar-refractivity contribution >= 4 is 39.0 Å². The molecule has 4 rings (SSSR count). The van der Waals surface area contributed by atoms with Crippen LogP contribution in [0.4, 0.5) is 10.5 Å². The lowest BCUT2D eigenvalue weighted by Crippen LogP contribution is -2.49. The Morgan fingerprint density at radius 2 is 1.74 bits per heavy atom. The van der Waals surface area contributed by atoms with Gasteiger partial charge in [-0.15, -0.1) is 11.3 Å². The van der Waals surface area contributed by atoms with Crippen LogP contribution in [0.5, 0.6) is 0 Å². The van der Waals surface area contributed by atoms with Crippen molar-refractivity contribution in [1.29, 1.82) is 0 Å². The maximum Gasteiger partial charge on any atom is 0.315 e. The molecule has 0 spiro atoms. The molecule has 2 heterocycles. The van der Waals surface area contributed by atoms with Crippen molar-refractivity contribution in [2.75, 3.05) is 31.5 Å². The minimum atomic E-state index is -0.111. The number of carbonyl (C=O) groups is 2. The maximum atomic E-state index is 12.3. The van der Waals surface area contributed by atoms with Crippen LogP contribution >= 0.6 is 11.3 Å². The Kier molecular flexibility index (Phi) is 7.17. The fraction of sp³-hybridized carbons (Fsp3) is 0.333. The van der Waals surface area contributed by atoms with E-state index in [4.69, 9.17) is 0 Å². The lowest BCUT2D eigenvalue weighted by molar-refractivity contribution is -0.117. The van der Waals surface area contributed by atoms with Crippen LogP contribution in [0.3, 0.4) is 0 Å². The molecule has 162 valence electrons. The Morgan fingerprint density at radius 1 is 1.00 bits per heavy atom. The molecule has 31 heavy (non-hydrogen) atoms. The quantitative estimate of drug-likeness (QED) is 0.527. The standard InChI is InChI=1S/C24H28N4O2S/c29-23(26-19-6-2-1-3-7-19)16-28-14-11-20(12-15-28)27-24(30)25-13-10-18-17-31-22-9-5-4-8-21(18)22/h1-9,17,20H,10-16H2,(H,26,29)(H2,25,27,30). The summed E-state index contributed by atoms with van der Waals surface area (Å²) in [6.07, 6.45) is 2.52. The third-order valence-corrected chi connectivity index (χ3v) is 6.60. The van der Waals surface area contributed by atoms with E-state index >= 15 is 0 Å². The molecule has 3 amide bonds. The van der Waals surface area contributed by atoms with Gasteiger partial charge in [0, 0.05) is 36.1 Å². The van der Waals surface area contributed by atoms with E-state index in [-0.39, 0.29) is 18.0 Å². The Hall–Kier alpha value is -2.90. The summed E-state index contributed by atoms with van der Waals surface area (Å²) in [7, 11) is 0. The summed E-state index contributed by atoms with van der Waals surface area (Å²) in [6, 6.07) is 17.9. The molecule has 7 heteroatoms. The number of urea groups is 1. The molecule has 1 aromatic heterocycles. The number of anilines is 1. The Bertz CT molecular complexity index is 1010. The van der Waals surface area contributed by atoms with E-state index in [0.29, 0.717) is 13.1 Å². The molecule has 1 aliphatic rings. The van der Waals surface area contributed by atoms with E-state index in [1.165, 1.54) is 15.6 Å². The highest BCUT2D eigenvalue weighted by Gasteiger charge is 2.22. The van der Waals surface area contributed by atoms with E-state index in [9.17, 15) is 9.59 Å². The van der Waals surface area contributed by atoms with E-state index in [1.807, 2.05) is 30.3 Å². The predicted octanol–water partition coefficient (Wildman–Crippen LogP) is 3.85. The van der Waals surface area contributed by atoms with Crippen molar-refractivity contribution in [1.82, 2.24) is 15.5 Å². The molecule has 0 aliphatic carbocycles. The zero-order chi connectivity index (χ0) is 21.5. The predicted molar refractivity (Wildman–Crippen MR) is 127 cm³/mol. The summed E-state index contributed by atoms with van der Waals surface area (Å²) in [5, 5.41) is 12.4. The van der Waals surface area contributed by atoms with Crippen molar-refractivity contribution in [3.63, 3.8) is 0 Å². The van der Waals surface area contributed by atoms with Crippen LogP contribution in [0.15, 0.2) is 60.0 Å². The maximum absolute atomic E-state index is 12.3. The van der Waals surface area contributed by atoms with Crippen LogP contribution < -0.4 is 16.0 Å². The molecule has 0 saturated carbocycles. The number of rotatable bonds is 7.